The first-order valence-electron chi connectivity index (χ1n) is 24.8. The molecule has 0 aliphatic rings. The molecule has 1 atom stereocenters. The van der Waals surface area contributed by atoms with Crippen molar-refractivity contribution < 1.29 is 0 Å². The average Bonchev–Trinajstić information content (AvgIpc) is 3.42. The number of hydrogen-bond acceptors (Lipinski definition) is 0. The minimum absolute atomic E-state index is 0.297. The highest BCUT2D eigenvalue weighted by Crippen LogP contribution is 2.48. The van der Waals surface area contributed by atoms with Crippen LogP contribution in [0.25, 0.3) is 43.8 Å². The lowest BCUT2D eigenvalue weighted by molar-refractivity contribution is 0.512. The molecule has 10 aromatic rings. The highest BCUT2D eigenvalue weighted by molar-refractivity contribution is 9.11. The van der Waals surface area contributed by atoms with Crippen LogP contribution in [0.4, 0.5) is 0 Å². The molecule has 0 spiro atoms. The van der Waals surface area contributed by atoms with E-state index < -0.39 is 5.41 Å². The summed E-state index contributed by atoms with van der Waals surface area (Å²) in [6.45, 7) is 8.72. The van der Waals surface area contributed by atoms with Crippen molar-refractivity contribution in [2.24, 2.45) is 0 Å². The third kappa shape index (κ3) is 13.4. The van der Waals surface area contributed by atoms with Gasteiger partial charge in [0.2, 0.25) is 0 Å². The Morgan fingerprint density at radius 2 is 0.855 bits per heavy atom. The molecule has 0 amide bonds. The van der Waals surface area contributed by atoms with Gasteiger partial charge in [-0.3, -0.25) is 0 Å². The number of halogens is 10. The van der Waals surface area contributed by atoms with Gasteiger partial charge in [-0.1, -0.05) is 268 Å². The predicted molar refractivity (Wildman–Crippen MR) is 341 cm³/mol. The largest absolute Gasteiger partial charge is 0.0843 e. The normalized spacial score (nSPS) is 11.8. The van der Waals surface area contributed by atoms with Crippen molar-refractivity contribution >= 4 is 146 Å². The van der Waals surface area contributed by atoms with Gasteiger partial charge in [-0.05, 0) is 170 Å². The summed E-state index contributed by atoms with van der Waals surface area (Å²) in [4.78, 5) is 0. The van der Waals surface area contributed by atoms with Crippen LogP contribution in [-0.2, 0) is 11.8 Å². The Kier molecular flexibility index (Phi) is 20.1. The van der Waals surface area contributed by atoms with Crippen LogP contribution in [-0.4, -0.2) is 0 Å². The molecule has 0 bridgehead atoms. The van der Waals surface area contributed by atoms with Gasteiger partial charge < -0.3 is 0 Å². The van der Waals surface area contributed by atoms with Crippen LogP contribution in [0.1, 0.15) is 85.8 Å². The second kappa shape index (κ2) is 26.3. The molecule has 0 aliphatic heterocycles. The van der Waals surface area contributed by atoms with Crippen molar-refractivity contribution in [3.05, 3.63) is 277 Å². The molecule has 0 nitrogen and oxygen atoms in total. The van der Waals surface area contributed by atoms with E-state index in [0.29, 0.717) is 42.0 Å². The van der Waals surface area contributed by atoms with Crippen molar-refractivity contribution in [3.63, 3.8) is 0 Å². The fourth-order valence-corrected chi connectivity index (χ4v) is 13.5. The molecule has 0 aromatic heterocycles. The molecule has 0 aliphatic carbocycles. The third-order valence-corrected chi connectivity index (χ3v) is 17.7. The monoisotopic (exact) mass is 1280 g/mol. The number of fused-ring (bicyclic) bond motifs is 2. The Morgan fingerprint density at radius 1 is 0.421 bits per heavy atom. The van der Waals surface area contributed by atoms with Gasteiger partial charge in [0.15, 0.2) is 0 Å². The van der Waals surface area contributed by atoms with Gasteiger partial charge in [0.1, 0.15) is 0 Å². The van der Waals surface area contributed by atoms with Crippen molar-refractivity contribution in [1.82, 2.24) is 0 Å². The summed E-state index contributed by atoms with van der Waals surface area (Å²) in [5.74, 6) is 0.595. The molecule has 0 N–H and O–H groups in total. The molecule has 10 heteroatoms. The first-order valence-corrected chi connectivity index (χ1v) is 29.4. The highest BCUT2D eigenvalue weighted by Gasteiger charge is 2.35. The van der Waals surface area contributed by atoms with Gasteiger partial charge in [0, 0.05) is 71.2 Å². The Labute approximate surface area is 504 Å². The van der Waals surface area contributed by atoms with E-state index in [-0.39, 0.29) is 0 Å². The molecular formula is C66H52Br2Cl8. The number of hydrogen-bond donors (Lipinski definition) is 0. The van der Waals surface area contributed by atoms with Crippen LogP contribution in [0.5, 0.6) is 0 Å². The van der Waals surface area contributed by atoms with Crippen LogP contribution in [0.3, 0.4) is 0 Å². The van der Waals surface area contributed by atoms with E-state index in [1.165, 1.54) is 44.5 Å². The summed E-state index contributed by atoms with van der Waals surface area (Å²) in [6.07, 6.45) is 2.69. The summed E-state index contributed by atoms with van der Waals surface area (Å²) in [5, 5.41) is 9.60. The first kappa shape index (κ1) is 58.2. The van der Waals surface area contributed by atoms with Gasteiger partial charge in [-0.2, -0.15) is 0 Å². The second-order valence-corrected chi connectivity index (χ2v) is 24.1. The average molecular weight is 1290 g/mol. The first-order chi connectivity index (χ1) is 36.5. The lowest BCUT2D eigenvalue weighted by Crippen LogP contribution is -2.25. The Morgan fingerprint density at radius 3 is 1.32 bits per heavy atom. The van der Waals surface area contributed by atoms with Crippen molar-refractivity contribution in [2.45, 2.75) is 64.2 Å². The highest BCUT2D eigenvalue weighted by atomic mass is 79.9. The predicted octanol–water partition coefficient (Wildman–Crippen LogP) is 25.1. The zero-order chi connectivity index (χ0) is 54.3. The van der Waals surface area contributed by atoms with Crippen molar-refractivity contribution in [1.29, 1.82) is 0 Å². The maximum atomic E-state index is 6.43. The van der Waals surface area contributed by atoms with Crippen LogP contribution in [0.15, 0.2) is 203 Å². The maximum absolute atomic E-state index is 6.43. The van der Waals surface area contributed by atoms with Gasteiger partial charge >= 0.3 is 0 Å². The van der Waals surface area contributed by atoms with E-state index in [0.717, 1.165) is 70.9 Å². The lowest BCUT2D eigenvalue weighted by atomic mass is 9.73. The summed E-state index contributed by atoms with van der Waals surface area (Å²) < 4.78 is 2.24. The summed E-state index contributed by atoms with van der Waals surface area (Å²) in [7, 11) is 0. The van der Waals surface area contributed by atoms with Crippen molar-refractivity contribution in [2.75, 3.05) is 0 Å². The molecule has 386 valence electrons. The minimum Gasteiger partial charge on any atom is -0.0843 e. The lowest BCUT2D eigenvalue weighted by Gasteiger charge is -2.34. The zero-order valence-electron chi connectivity index (χ0n) is 42.0. The van der Waals surface area contributed by atoms with Crippen molar-refractivity contribution in [3.8, 4) is 22.3 Å². The SMILES string of the molecule is CC(Cc1ccc(Cl)c2cc(Cl)ccc12)c1ccc(Cl)c2cc(Cl)ccc12.CC(c1ccc(Br)c(-c2ccccc2)c1)c1ccc(Br)c(-c2ccccc2)c1.CCCC(C)(c1c(Cl)cccc1Cl)c1c(Cl)cccc1Cl. The standard InChI is InChI=1S/C26H20Br2.C23H16Cl4.C17H16Cl4/c1-18(21-12-14-25(27)23(16-21)19-8-4-2-5-9-19)22-13-15-26(28)24(17-22)20-10-6-3-7-11-20;1-13(17-7-9-23(27)21-12-16(25)4-6-19(17)21)10-14-2-8-22(26)20-11-15(24)3-5-18(14)20;1-3-10-17(2,15-11(18)6-4-7-12(15)19)16-13(20)8-5-9-14(16)21/h2-18H,1H3;2-9,11-13H,10H2,1H3;4-9H,3,10H2,1-2H3. The fraction of sp³-hybridized carbons (Fsp3) is 0.152. The topological polar surface area (TPSA) is 0 Å². The summed E-state index contributed by atoms with van der Waals surface area (Å²) in [5.41, 5.74) is 11.4. The van der Waals surface area contributed by atoms with Crippen LogP contribution < -0.4 is 0 Å². The van der Waals surface area contributed by atoms with Gasteiger partial charge in [0.05, 0.1) is 0 Å². The molecule has 0 saturated carbocycles. The van der Waals surface area contributed by atoms with Gasteiger partial charge in [-0.15, -0.1) is 0 Å². The molecule has 76 heavy (non-hydrogen) atoms. The van der Waals surface area contributed by atoms with E-state index in [9.17, 15) is 0 Å². The maximum Gasteiger partial charge on any atom is 0.0485 e. The molecule has 10 aromatic carbocycles. The smallest absolute Gasteiger partial charge is 0.0485 e. The van der Waals surface area contributed by atoms with Crippen LogP contribution in [0.2, 0.25) is 40.2 Å². The van der Waals surface area contributed by atoms with Gasteiger partial charge in [-0.25, -0.2) is 0 Å². The Bertz CT molecular complexity index is 3470. The van der Waals surface area contributed by atoms with Gasteiger partial charge in [0.25, 0.3) is 0 Å². The molecule has 0 radical (unpaired) electrons. The number of benzene rings is 10. The Balaban J connectivity index is 0.000000153. The quantitative estimate of drug-likeness (QED) is 0.121. The second-order valence-electron chi connectivity index (χ2n) is 19.0. The minimum atomic E-state index is -0.431. The van der Waals surface area contributed by atoms with Crippen LogP contribution >= 0.6 is 125 Å². The van der Waals surface area contributed by atoms with E-state index in [4.69, 9.17) is 92.8 Å². The summed E-state index contributed by atoms with van der Waals surface area (Å²) in [6, 6.07) is 65.4. The molecule has 0 fully saturated rings. The van der Waals surface area contributed by atoms with E-state index in [1.807, 2.05) is 78.9 Å². The Hall–Kier alpha value is -4.00. The number of rotatable bonds is 11. The summed E-state index contributed by atoms with van der Waals surface area (Å²) >= 11 is 58.3. The zero-order valence-corrected chi connectivity index (χ0v) is 51.3. The molecule has 10 rings (SSSR count). The molecule has 0 saturated heterocycles. The third-order valence-electron chi connectivity index (χ3n) is 14.0. The van der Waals surface area contributed by atoms with E-state index in [1.54, 1.807) is 0 Å². The fourth-order valence-electron chi connectivity index (χ4n) is 10.1. The van der Waals surface area contributed by atoms with E-state index in [2.05, 4.69) is 175 Å². The van der Waals surface area contributed by atoms with E-state index >= 15 is 0 Å². The van der Waals surface area contributed by atoms with Crippen LogP contribution in [0, 0.1) is 0 Å². The molecular weight excluding hydrogens is 1240 g/mol. The molecule has 1 unspecified atom stereocenters. The molecule has 0 heterocycles.